The van der Waals surface area contributed by atoms with Crippen molar-refractivity contribution in [3.8, 4) is 5.75 Å². The van der Waals surface area contributed by atoms with E-state index in [1.807, 2.05) is 30.3 Å². The standard InChI is InChI=1S/C18H24O4/c1-4-14-9-17(22-18(19)10-14)13(2)11-21-12-15-5-7-16(20-3)8-6-15/h4-8,13-14,17H,1,9-12H2,2-3H3/t13-,14+,17-/m1/s1. The molecule has 0 aliphatic carbocycles. The van der Waals surface area contributed by atoms with Crippen molar-refractivity contribution in [3.05, 3.63) is 42.5 Å². The highest BCUT2D eigenvalue weighted by Gasteiger charge is 2.30. The summed E-state index contributed by atoms with van der Waals surface area (Å²) in [6.45, 7) is 6.94. The van der Waals surface area contributed by atoms with Gasteiger partial charge in [-0.25, -0.2) is 0 Å². The molecule has 0 amide bonds. The molecule has 2 rings (SSSR count). The molecule has 1 aliphatic heterocycles. The molecule has 1 heterocycles. The molecule has 1 fully saturated rings. The Morgan fingerprint density at radius 2 is 2.14 bits per heavy atom. The topological polar surface area (TPSA) is 44.8 Å². The number of cyclic esters (lactones) is 1. The third-order valence-electron chi connectivity index (χ3n) is 4.02. The van der Waals surface area contributed by atoms with E-state index < -0.39 is 0 Å². The molecule has 0 N–H and O–H groups in total. The van der Waals surface area contributed by atoms with Crippen LogP contribution >= 0.6 is 0 Å². The van der Waals surface area contributed by atoms with Gasteiger partial charge in [-0.15, -0.1) is 6.58 Å². The van der Waals surface area contributed by atoms with Gasteiger partial charge in [0.25, 0.3) is 0 Å². The molecule has 1 aromatic carbocycles. The summed E-state index contributed by atoms with van der Waals surface area (Å²) >= 11 is 0. The minimum atomic E-state index is -0.136. The van der Waals surface area contributed by atoms with Gasteiger partial charge >= 0.3 is 5.97 Å². The van der Waals surface area contributed by atoms with E-state index in [2.05, 4.69) is 13.5 Å². The molecule has 120 valence electrons. The van der Waals surface area contributed by atoms with Crippen molar-refractivity contribution >= 4 is 5.97 Å². The van der Waals surface area contributed by atoms with Crippen molar-refractivity contribution < 1.29 is 19.0 Å². The predicted molar refractivity (Wildman–Crippen MR) is 84.6 cm³/mol. The van der Waals surface area contributed by atoms with Crippen LogP contribution in [0.3, 0.4) is 0 Å². The summed E-state index contributed by atoms with van der Waals surface area (Å²) in [5.41, 5.74) is 1.10. The molecule has 3 atom stereocenters. The van der Waals surface area contributed by atoms with Crippen LogP contribution in [0.5, 0.6) is 5.75 Å². The third kappa shape index (κ3) is 4.60. The molecular weight excluding hydrogens is 280 g/mol. The van der Waals surface area contributed by atoms with Gasteiger partial charge in [-0.1, -0.05) is 25.1 Å². The van der Waals surface area contributed by atoms with E-state index in [4.69, 9.17) is 14.2 Å². The Labute approximate surface area is 132 Å². The fraction of sp³-hybridized carbons (Fsp3) is 0.500. The molecule has 1 saturated heterocycles. The van der Waals surface area contributed by atoms with Crippen LogP contribution in [-0.4, -0.2) is 25.8 Å². The summed E-state index contributed by atoms with van der Waals surface area (Å²) in [5, 5.41) is 0. The second-order valence-corrected chi connectivity index (χ2v) is 5.80. The zero-order valence-electron chi connectivity index (χ0n) is 13.3. The summed E-state index contributed by atoms with van der Waals surface area (Å²) in [4.78, 5) is 11.6. The van der Waals surface area contributed by atoms with Crippen LogP contribution in [-0.2, 0) is 20.9 Å². The lowest BCUT2D eigenvalue weighted by Gasteiger charge is -2.31. The number of rotatable bonds is 7. The van der Waals surface area contributed by atoms with Gasteiger partial charge in [-0.05, 0) is 30.0 Å². The maximum absolute atomic E-state index is 11.6. The van der Waals surface area contributed by atoms with Gasteiger partial charge in [-0.3, -0.25) is 4.79 Å². The summed E-state index contributed by atoms with van der Waals surface area (Å²) in [6.07, 6.45) is 3.04. The lowest BCUT2D eigenvalue weighted by atomic mass is 9.89. The van der Waals surface area contributed by atoms with Crippen LogP contribution in [0.25, 0.3) is 0 Å². The number of esters is 1. The number of carbonyl (C=O) groups is 1. The monoisotopic (exact) mass is 304 g/mol. The molecule has 4 heteroatoms. The maximum atomic E-state index is 11.6. The van der Waals surface area contributed by atoms with Gasteiger partial charge in [0.1, 0.15) is 11.9 Å². The molecule has 0 bridgehead atoms. The van der Waals surface area contributed by atoms with Crippen LogP contribution in [0.2, 0.25) is 0 Å². The normalized spacial score (nSPS) is 22.7. The van der Waals surface area contributed by atoms with E-state index in [0.29, 0.717) is 19.6 Å². The first-order chi connectivity index (χ1) is 10.6. The fourth-order valence-corrected chi connectivity index (χ4v) is 2.58. The molecule has 1 aliphatic rings. The van der Waals surface area contributed by atoms with Gasteiger partial charge in [0.2, 0.25) is 0 Å². The number of hydrogen-bond donors (Lipinski definition) is 0. The fourth-order valence-electron chi connectivity index (χ4n) is 2.58. The van der Waals surface area contributed by atoms with Crippen LogP contribution in [0, 0.1) is 11.8 Å². The minimum absolute atomic E-state index is 0.0832. The Morgan fingerprint density at radius 1 is 1.41 bits per heavy atom. The molecule has 0 unspecified atom stereocenters. The third-order valence-corrected chi connectivity index (χ3v) is 4.02. The van der Waals surface area contributed by atoms with Crippen molar-refractivity contribution in [3.63, 3.8) is 0 Å². The Kier molecular flexibility index (Phi) is 6.01. The maximum Gasteiger partial charge on any atom is 0.306 e. The first-order valence-corrected chi connectivity index (χ1v) is 7.65. The smallest absolute Gasteiger partial charge is 0.306 e. The molecule has 0 radical (unpaired) electrons. The molecule has 0 aromatic heterocycles. The van der Waals surface area contributed by atoms with Crippen LogP contribution in [0.1, 0.15) is 25.3 Å². The Balaban J connectivity index is 1.77. The van der Waals surface area contributed by atoms with E-state index in [-0.39, 0.29) is 23.9 Å². The summed E-state index contributed by atoms with van der Waals surface area (Å²) < 4.78 is 16.3. The predicted octanol–water partition coefficient (Wildman–Crippen LogP) is 3.36. The van der Waals surface area contributed by atoms with Crippen molar-refractivity contribution in [1.82, 2.24) is 0 Å². The summed E-state index contributed by atoms with van der Waals surface area (Å²) in [7, 11) is 1.65. The molecule has 22 heavy (non-hydrogen) atoms. The summed E-state index contributed by atoms with van der Waals surface area (Å²) in [5.74, 6) is 1.09. The summed E-state index contributed by atoms with van der Waals surface area (Å²) in [6, 6.07) is 7.80. The van der Waals surface area contributed by atoms with Gasteiger partial charge in [0, 0.05) is 5.92 Å². The van der Waals surface area contributed by atoms with Crippen LogP contribution in [0.4, 0.5) is 0 Å². The number of hydrogen-bond acceptors (Lipinski definition) is 4. The lowest BCUT2D eigenvalue weighted by Crippen LogP contribution is -2.35. The Morgan fingerprint density at radius 3 is 2.77 bits per heavy atom. The second kappa shape index (κ2) is 7.99. The van der Waals surface area contributed by atoms with Crippen molar-refractivity contribution in [2.24, 2.45) is 11.8 Å². The molecule has 0 saturated carbocycles. The first-order valence-electron chi connectivity index (χ1n) is 7.65. The zero-order chi connectivity index (χ0) is 15.9. The van der Waals surface area contributed by atoms with Crippen molar-refractivity contribution in [2.75, 3.05) is 13.7 Å². The SMILES string of the molecule is C=C[C@@H]1CC(=O)O[C@@H]([C@H](C)COCc2ccc(OC)cc2)C1. The number of ether oxygens (including phenoxy) is 3. The highest BCUT2D eigenvalue weighted by Crippen LogP contribution is 2.27. The number of benzene rings is 1. The van der Waals surface area contributed by atoms with E-state index in [9.17, 15) is 4.79 Å². The minimum Gasteiger partial charge on any atom is -0.497 e. The molecule has 1 aromatic rings. The van der Waals surface area contributed by atoms with Crippen molar-refractivity contribution in [1.29, 1.82) is 0 Å². The molecule has 0 spiro atoms. The lowest BCUT2D eigenvalue weighted by molar-refractivity contribution is -0.160. The quantitative estimate of drug-likeness (QED) is 0.572. The average Bonchev–Trinajstić information content (AvgIpc) is 2.54. The van der Waals surface area contributed by atoms with Crippen LogP contribution < -0.4 is 4.74 Å². The Hall–Kier alpha value is -1.81. The molecule has 4 nitrogen and oxygen atoms in total. The van der Waals surface area contributed by atoms with E-state index in [1.165, 1.54) is 0 Å². The van der Waals surface area contributed by atoms with Crippen molar-refractivity contribution in [2.45, 2.75) is 32.5 Å². The Bertz CT molecular complexity index is 494. The number of allylic oxidation sites excluding steroid dienone is 1. The van der Waals surface area contributed by atoms with Gasteiger partial charge in [0.15, 0.2) is 0 Å². The number of methoxy groups -OCH3 is 1. The average molecular weight is 304 g/mol. The molecular formula is C18H24O4. The second-order valence-electron chi connectivity index (χ2n) is 5.80. The largest absolute Gasteiger partial charge is 0.497 e. The van der Waals surface area contributed by atoms with Gasteiger partial charge in [0.05, 0.1) is 26.7 Å². The van der Waals surface area contributed by atoms with Crippen LogP contribution in [0.15, 0.2) is 36.9 Å². The van der Waals surface area contributed by atoms with Gasteiger partial charge < -0.3 is 14.2 Å². The first kappa shape index (κ1) is 16.6. The van der Waals surface area contributed by atoms with E-state index in [0.717, 1.165) is 17.7 Å². The van der Waals surface area contributed by atoms with E-state index in [1.54, 1.807) is 7.11 Å². The highest BCUT2D eigenvalue weighted by atomic mass is 16.5. The highest BCUT2D eigenvalue weighted by molar-refractivity contribution is 5.71. The van der Waals surface area contributed by atoms with Gasteiger partial charge in [-0.2, -0.15) is 0 Å². The zero-order valence-corrected chi connectivity index (χ0v) is 13.3. The number of carbonyl (C=O) groups excluding carboxylic acids is 1. The van der Waals surface area contributed by atoms with E-state index >= 15 is 0 Å².